The van der Waals surface area contributed by atoms with Crippen LogP contribution in [0.15, 0.2) is 42.7 Å². The molecule has 7 nitrogen and oxygen atoms in total. The van der Waals surface area contributed by atoms with Crippen molar-refractivity contribution >= 4 is 34.8 Å². The van der Waals surface area contributed by atoms with Gasteiger partial charge in [-0.25, -0.2) is 14.4 Å². The molecule has 0 amide bonds. The molecular formula is C24H26Cl2FN5O2. The molecular weight excluding hydrogens is 480 g/mol. The second-order valence-corrected chi connectivity index (χ2v) is 9.17. The number of halogens is 3. The fourth-order valence-corrected chi connectivity index (χ4v) is 4.54. The Bertz CT molecular complexity index is 1160. The summed E-state index contributed by atoms with van der Waals surface area (Å²) in [6.07, 6.45) is 4.05. The van der Waals surface area contributed by atoms with Gasteiger partial charge >= 0.3 is 0 Å². The van der Waals surface area contributed by atoms with Crippen LogP contribution in [0.25, 0.3) is 11.1 Å². The third-order valence-electron chi connectivity index (χ3n) is 5.90. The van der Waals surface area contributed by atoms with E-state index in [0.717, 1.165) is 24.2 Å². The van der Waals surface area contributed by atoms with Gasteiger partial charge in [0.1, 0.15) is 17.7 Å². The molecule has 5 N–H and O–H groups in total. The first kappa shape index (κ1) is 24.5. The summed E-state index contributed by atoms with van der Waals surface area (Å²) in [5, 5.41) is 17.3. The van der Waals surface area contributed by atoms with Gasteiger partial charge in [-0.2, -0.15) is 0 Å². The summed E-state index contributed by atoms with van der Waals surface area (Å²) in [7, 11) is 0. The molecule has 180 valence electrons. The first-order valence-corrected chi connectivity index (χ1v) is 11.7. The molecule has 1 aliphatic rings. The van der Waals surface area contributed by atoms with E-state index in [0.29, 0.717) is 41.5 Å². The molecule has 2 aromatic heterocycles. The van der Waals surface area contributed by atoms with E-state index >= 15 is 0 Å². The van der Waals surface area contributed by atoms with Gasteiger partial charge in [0.25, 0.3) is 0 Å². The van der Waals surface area contributed by atoms with Crippen molar-refractivity contribution in [3.05, 3.63) is 64.2 Å². The highest BCUT2D eigenvalue weighted by atomic mass is 35.5. The largest absolute Gasteiger partial charge is 0.482 e. The zero-order valence-electron chi connectivity index (χ0n) is 18.6. The molecule has 1 aromatic carbocycles. The molecule has 1 fully saturated rings. The Balaban J connectivity index is 1.48. The summed E-state index contributed by atoms with van der Waals surface area (Å²) in [5.74, 6) is 0.584. The van der Waals surface area contributed by atoms with Gasteiger partial charge in [-0.1, -0.05) is 23.2 Å². The van der Waals surface area contributed by atoms with Crippen LogP contribution in [0.4, 0.5) is 16.0 Å². The van der Waals surface area contributed by atoms with Crippen molar-refractivity contribution in [1.29, 1.82) is 0 Å². The molecule has 3 aromatic rings. The number of hydrogen-bond acceptors (Lipinski definition) is 7. The number of rotatable bonds is 7. The Kier molecular flexibility index (Phi) is 7.42. The number of hydrogen-bond donors (Lipinski definition) is 4. The van der Waals surface area contributed by atoms with Crippen molar-refractivity contribution in [2.24, 2.45) is 0 Å². The molecule has 1 unspecified atom stereocenters. The molecule has 1 atom stereocenters. The number of aromatic nitrogens is 2. The average molecular weight is 506 g/mol. The molecule has 1 aliphatic heterocycles. The Labute approximate surface area is 207 Å². The van der Waals surface area contributed by atoms with Gasteiger partial charge in [0, 0.05) is 40.7 Å². The molecule has 0 aliphatic carbocycles. The molecule has 0 spiro atoms. The van der Waals surface area contributed by atoms with Gasteiger partial charge < -0.3 is 26.2 Å². The minimum atomic E-state index is -0.733. The third-order valence-corrected chi connectivity index (χ3v) is 6.61. The fourth-order valence-electron chi connectivity index (χ4n) is 3.87. The molecule has 1 saturated heterocycles. The van der Waals surface area contributed by atoms with Crippen LogP contribution in [-0.2, 0) is 0 Å². The van der Waals surface area contributed by atoms with Crippen molar-refractivity contribution in [2.75, 3.05) is 30.7 Å². The van der Waals surface area contributed by atoms with Gasteiger partial charge in [-0.3, -0.25) is 0 Å². The van der Waals surface area contributed by atoms with Crippen molar-refractivity contribution < 1.29 is 14.2 Å². The Morgan fingerprint density at radius 3 is 2.62 bits per heavy atom. The third kappa shape index (κ3) is 5.52. The smallest absolute Gasteiger partial charge is 0.166 e. The van der Waals surface area contributed by atoms with Crippen LogP contribution >= 0.6 is 23.2 Å². The number of nitrogens with one attached hydrogen (secondary N) is 2. The zero-order chi connectivity index (χ0) is 24.3. The zero-order valence-corrected chi connectivity index (χ0v) is 20.1. The van der Waals surface area contributed by atoms with Gasteiger partial charge in [0.05, 0.1) is 10.6 Å². The fraction of sp³-hybridized carbons (Fsp3) is 0.333. The van der Waals surface area contributed by atoms with E-state index in [1.54, 1.807) is 25.4 Å². The topological polar surface area (TPSA) is 105 Å². The summed E-state index contributed by atoms with van der Waals surface area (Å²) >= 11 is 12.3. The SMILES string of the molecule is CC(Oc1cc(-c2ccc(NCC3(O)CCNCC3)nc2)cnc1N)c1c(Cl)ccc(F)c1Cl. The minimum Gasteiger partial charge on any atom is -0.482 e. The number of nitrogens with zero attached hydrogens (tertiary/aromatic N) is 2. The van der Waals surface area contributed by atoms with Crippen molar-refractivity contribution in [2.45, 2.75) is 31.5 Å². The second kappa shape index (κ2) is 10.3. The maximum atomic E-state index is 13.9. The van der Waals surface area contributed by atoms with E-state index < -0.39 is 17.5 Å². The van der Waals surface area contributed by atoms with Gasteiger partial charge in [0.2, 0.25) is 0 Å². The van der Waals surface area contributed by atoms with Crippen LogP contribution in [0.2, 0.25) is 10.0 Å². The highest BCUT2D eigenvalue weighted by Gasteiger charge is 2.28. The molecule has 0 bridgehead atoms. The first-order valence-electron chi connectivity index (χ1n) is 10.9. The van der Waals surface area contributed by atoms with Crippen molar-refractivity contribution in [3.63, 3.8) is 0 Å². The van der Waals surface area contributed by atoms with Gasteiger partial charge in [-0.05, 0) is 63.2 Å². The predicted octanol–water partition coefficient (Wildman–Crippen LogP) is 4.84. The van der Waals surface area contributed by atoms with Crippen molar-refractivity contribution in [3.8, 4) is 16.9 Å². The van der Waals surface area contributed by atoms with Crippen LogP contribution in [0.3, 0.4) is 0 Å². The minimum absolute atomic E-state index is 0.0934. The van der Waals surface area contributed by atoms with Crippen LogP contribution in [0, 0.1) is 5.82 Å². The summed E-state index contributed by atoms with van der Waals surface area (Å²) in [5.41, 5.74) is 7.16. The van der Waals surface area contributed by atoms with Crippen molar-refractivity contribution in [1.82, 2.24) is 15.3 Å². The van der Waals surface area contributed by atoms with Crippen LogP contribution in [-0.4, -0.2) is 40.3 Å². The molecule has 4 rings (SSSR count). The maximum absolute atomic E-state index is 13.9. The lowest BCUT2D eigenvalue weighted by Crippen LogP contribution is -2.46. The van der Waals surface area contributed by atoms with E-state index in [4.69, 9.17) is 33.7 Å². The van der Waals surface area contributed by atoms with Crippen LogP contribution in [0.5, 0.6) is 5.75 Å². The molecule has 0 saturated carbocycles. The average Bonchev–Trinajstić information content (AvgIpc) is 2.83. The number of piperidine rings is 1. The maximum Gasteiger partial charge on any atom is 0.166 e. The number of pyridine rings is 2. The van der Waals surface area contributed by atoms with E-state index in [1.807, 2.05) is 12.1 Å². The Morgan fingerprint density at radius 1 is 1.18 bits per heavy atom. The number of aliphatic hydroxyl groups is 1. The number of nitrogens with two attached hydrogens (primary N) is 1. The quantitative estimate of drug-likeness (QED) is 0.340. The normalized spacial score (nSPS) is 16.1. The van der Waals surface area contributed by atoms with Gasteiger partial charge in [-0.15, -0.1) is 0 Å². The molecule has 10 heteroatoms. The summed E-state index contributed by atoms with van der Waals surface area (Å²) < 4.78 is 19.9. The molecule has 34 heavy (non-hydrogen) atoms. The van der Waals surface area contributed by atoms with E-state index in [1.165, 1.54) is 12.1 Å². The lowest BCUT2D eigenvalue weighted by molar-refractivity contribution is 0.0231. The number of nitrogen functional groups attached to an aromatic ring is 1. The van der Waals surface area contributed by atoms with E-state index in [-0.39, 0.29) is 10.8 Å². The Morgan fingerprint density at radius 2 is 1.91 bits per heavy atom. The van der Waals surface area contributed by atoms with E-state index in [9.17, 15) is 9.50 Å². The molecule has 0 radical (unpaired) electrons. The standard InChI is InChI=1S/C24H26Cl2FN5O2/c1-14(21-17(25)3-4-18(27)22(21)26)34-19-10-16(12-31-23(19)28)15-2-5-20(30-11-15)32-13-24(33)6-8-29-9-7-24/h2-5,10-12,14,29,33H,6-9,13H2,1H3,(H2,28,31)(H,30,32). The highest BCUT2D eigenvalue weighted by molar-refractivity contribution is 6.36. The summed E-state index contributed by atoms with van der Waals surface area (Å²) in [6, 6.07) is 8.10. The van der Waals surface area contributed by atoms with Crippen LogP contribution in [0.1, 0.15) is 31.4 Å². The van der Waals surface area contributed by atoms with Crippen LogP contribution < -0.4 is 21.1 Å². The highest BCUT2D eigenvalue weighted by Crippen LogP contribution is 2.37. The van der Waals surface area contributed by atoms with E-state index in [2.05, 4.69) is 20.6 Å². The number of benzene rings is 1. The van der Waals surface area contributed by atoms with Gasteiger partial charge in [0.15, 0.2) is 11.6 Å². The lowest BCUT2D eigenvalue weighted by Gasteiger charge is -2.32. The number of ether oxygens (including phenoxy) is 1. The summed E-state index contributed by atoms with van der Waals surface area (Å²) in [6.45, 7) is 3.74. The summed E-state index contributed by atoms with van der Waals surface area (Å²) in [4.78, 5) is 8.67. The monoisotopic (exact) mass is 505 g/mol. The number of anilines is 2. The lowest BCUT2D eigenvalue weighted by atomic mass is 9.92. The molecule has 3 heterocycles. The predicted molar refractivity (Wildman–Crippen MR) is 133 cm³/mol. The first-order chi connectivity index (χ1) is 16.3. The Hall–Kier alpha value is -2.65. The second-order valence-electron chi connectivity index (χ2n) is 8.38.